The molecule has 1 atom stereocenters. The van der Waals surface area contributed by atoms with Gasteiger partial charge in [-0.3, -0.25) is 4.90 Å². The van der Waals surface area contributed by atoms with Gasteiger partial charge in [0.1, 0.15) is 0 Å². The molecule has 2 aliphatic rings. The van der Waals surface area contributed by atoms with Crippen molar-refractivity contribution in [3.63, 3.8) is 0 Å². The van der Waals surface area contributed by atoms with Gasteiger partial charge in [0.25, 0.3) is 0 Å². The van der Waals surface area contributed by atoms with Crippen molar-refractivity contribution in [1.82, 2.24) is 9.80 Å². The highest BCUT2D eigenvalue weighted by molar-refractivity contribution is 4.87. The molecule has 2 saturated heterocycles. The van der Waals surface area contributed by atoms with E-state index in [1.165, 1.54) is 45.4 Å². The van der Waals surface area contributed by atoms with Crippen molar-refractivity contribution in [2.24, 2.45) is 11.7 Å². The zero-order valence-electron chi connectivity index (χ0n) is 9.28. The standard InChI is InChI=1S/C11H23N3/c1-13-7-3-10(4-8-13)11(9-12)14-5-2-6-14/h10-11H,2-9,12H2,1H3. The fraction of sp³-hybridized carbons (Fsp3) is 1.00. The Morgan fingerprint density at radius 1 is 1.21 bits per heavy atom. The highest BCUT2D eigenvalue weighted by atomic mass is 15.2. The predicted molar refractivity (Wildman–Crippen MR) is 59.3 cm³/mol. The van der Waals surface area contributed by atoms with E-state index in [2.05, 4.69) is 16.8 Å². The minimum Gasteiger partial charge on any atom is -0.329 e. The minimum absolute atomic E-state index is 0.678. The van der Waals surface area contributed by atoms with Crippen LogP contribution >= 0.6 is 0 Å². The van der Waals surface area contributed by atoms with Crippen LogP contribution in [0.25, 0.3) is 0 Å². The molecule has 0 saturated carbocycles. The van der Waals surface area contributed by atoms with E-state index >= 15 is 0 Å². The van der Waals surface area contributed by atoms with E-state index in [4.69, 9.17) is 5.73 Å². The third-order valence-corrected chi connectivity index (χ3v) is 3.91. The van der Waals surface area contributed by atoms with Gasteiger partial charge in [0.15, 0.2) is 0 Å². The van der Waals surface area contributed by atoms with Crippen molar-refractivity contribution in [1.29, 1.82) is 0 Å². The number of rotatable bonds is 3. The number of hydrogen-bond donors (Lipinski definition) is 1. The molecule has 2 N–H and O–H groups in total. The maximum Gasteiger partial charge on any atom is 0.0247 e. The van der Waals surface area contributed by atoms with Crippen LogP contribution < -0.4 is 5.73 Å². The van der Waals surface area contributed by atoms with Crippen molar-refractivity contribution < 1.29 is 0 Å². The summed E-state index contributed by atoms with van der Waals surface area (Å²) in [4.78, 5) is 5.01. The quantitative estimate of drug-likeness (QED) is 0.709. The van der Waals surface area contributed by atoms with Gasteiger partial charge in [-0.2, -0.15) is 0 Å². The summed E-state index contributed by atoms with van der Waals surface area (Å²) in [7, 11) is 2.22. The molecule has 2 aliphatic heterocycles. The lowest BCUT2D eigenvalue weighted by molar-refractivity contribution is 0.0556. The molecule has 82 valence electrons. The molecule has 0 bridgehead atoms. The smallest absolute Gasteiger partial charge is 0.0247 e. The first kappa shape index (κ1) is 10.4. The lowest BCUT2D eigenvalue weighted by Crippen LogP contribution is -2.53. The first-order valence-electron chi connectivity index (χ1n) is 5.94. The minimum atomic E-state index is 0.678. The number of likely N-dealkylation sites (tertiary alicyclic amines) is 2. The average molecular weight is 197 g/mol. The SMILES string of the molecule is CN1CCC(C(CN)N2CCC2)CC1. The average Bonchev–Trinajstić information content (AvgIpc) is 2.13. The summed E-state index contributed by atoms with van der Waals surface area (Å²) in [5, 5.41) is 0. The topological polar surface area (TPSA) is 32.5 Å². The number of nitrogens with two attached hydrogens (primary N) is 1. The van der Waals surface area contributed by atoms with Crippen molar-refractivity contribution in [3.8, 4) is 0 Å². The second kappa shape index (κ2) is 4.60. The third kappa shape index (κ3) is 2.10. The Hall–Kier alpha value is -0.120. The molecule has 0 aromatic rings. The summed E-state index contributed by atoms with van der Waals surface area (Å²) in [6.45, 7) is 5.95. The Bertz CT molecular complexity index is 171. The maximum absolute atomic E-state index is 5.89. The third-order valence-electron chi connectivity index (χ3n) is 3.91. The van der Waals surface area contributed by atoms with Crippen LogP contribution in [0.15, 0.2) is 0 Å². The molecule has 2 fully saturated rings. The van der Waals surface area contributed by atoms with E-state index in [1.54, 1.807) is 0 Å². The van der Waals surface area contributed by atoms with Crippen LogP contribution in [-0.2, 0) is 0 Å². The number of nitrogens with zero attached hydrogens (tertiary/aromatic N) is 2. The van der Waals surface area contributed by atoms with E-state index in [-0.39, 0.29) is 0 Å². The highest BCUT2D eigenvalue weighted by Gasteiger charge is 2.31. The monoisotopic (exact) mass is 197 g/mol. The molecular formula is C11H23N3. The molecule has 0 spiro atoms. The van der Waals surface area contributed by atoms with Gasteiger partial charge in [0.05, 0.1) is 0 Å². The summed E-state index contributed by atoms with van der Waals surface area (Å²) in [6, 6.07) is 0.678. The lowest BCUT2D eigenvalue weighted by atomic mass is 9.87. The molecule has 0 radical (unpaired) electrons. The summed E-state index contributed by atoms with van der Waals surface area (Å²) in [5.74, 6) is 0.858. The number of hydrogen-bond acceptors (Lipinski definition) is 3. The molecule has 0 aromatic heterocycles. The van der Waals surface area contributed by atoms with E-state index in [9.17, 15) is 0 Å². The van der Waals surface area contributed by atoms with Gasteiger partial charge in [-0.05, 0) is 58.4 Å². The molecule has 1 unspecified atom stereocenters. The summed E-state index contributed by atoms with van der Waals surface area (Å²) >= 11 is 0. The molecule has 0 aliphatic carbocycles. The van der Waals surface area contributed by atoms with Crippen LogP contribution in [0.1, 0.15) is 19.3 Å². The first-order chi connectivity index (χ1) is 6.81. The van der Waals surface area contributed by atoms with E-state index < -0.39 is 0 Å². The Morgan fingerprint density at radius 3 is 2.29 bits per heavy atom. The van der Waals surface area contributed by atoms with Gasteiger partial charge in [0, 0.05) is 12.6 Å². The molecule has 0 amide bonds. The predicted octanol–water partition coefficient (Wildman–Crippen LogP) is 0.361. The molecule has 2 heterocycles. The van der Waals surface area contributed by atoms with Gasteiger partial charge < -0.3 is 10.6 Å². The van der Waals surface area contributed by atoms with Gasteiger partial charge in [0.2, 0.25) is 0 Å². The second-order valence-electron chi connectivity index (χ2n) is 4.83. The molecular weight excluding hydrogens is 174 g/mol. The second-order valence-corrected chi connectivity index (χ2v) is 4.83. The van der Waals surface area contributed by atoms with Gasteiger partial charge in [-0.1, -0.05) is 0 Å². The molecule has 0 aromatic carbocycles. The molecule has 14 heavy (non-hydrogen) atoms. The van der Waals surface area contributed by atoms with Crippen LogP contribution in [0.5, 0.6) is 0 Å². The molecule has 2 rings (SSSR count). The normalized spacial score (nSPS) is 28.7. The van der Waals surface area contributed by atoms with Crippen molar-refractivity contribution in [3.05, 3.63) is 0 Å². The largest absolute Gasteiger partial charge is 0.329 e. The summed E-state index contributed by atoms with van der Waals surface area (Å²) in [5.41, 5.74) is 5.89. The maximum atomic E-state index is 5.89. The van der Waals surface area contributed by atoms with E-state index in [0.717, 1.165) is 12.5 Å². The summed E-state index contributed by atoms with van der Waals surface area (Å²) < 4.78 is 0. The van der Waals surface area contributed by atoms with E-state index in [0.29, 0.717) is 6.04 Å². The van der Waals surface area contributed by atoms with Crippen molar-refractivity contribution in [2.45, 2.75) is 25.3 Å². The zero-order valence-corrected chi connectivity index (χ0v) is 9.28. The first-order valence-corrected chi connectivity index (χ1v) is 5.94. The van der Waals surface area contributed by atoms with E-state index in [1.807, 2.05) is 0 Å². The van der Waals surface area contributed by atoms with Crippen LogP contribution in [0, 0.1) is 5.92 Å². The Balaban J connectivity index is 1.84. The van der Waals surface area contributed by atoms with Crippen LogP contribution in [0.2, 0.25) is 0 Å². The van der Waals surface area contributed by atoms with Crippen LogP contribution in [0.3, 0.4) is 0 Å². The van der Waals surface area contributed by atoms with Crippen molar-refractivity contribution in [2.75, 3.05) is 39.8 Å². The Morgan fingerprint density at radius 2 is 1.86 bits per heavy atom. The Kier molecular flexibility index (Phi) is 3.42. The van der Waals surface area contributed by atoms with Crippen molar-refractivity contribution >= 4 is 0 Å². The van der Waals surface area contributed by atoms with Crippen LogP contribution in [-0.4, -0.2) is 55.6 Å². The van der Waals surface area contributed by atoms with Gasteiger partial charge in [-0.25, -0.2) is 0 Å². The lowest BCUT2D eigenvalue weighted by Gasteiger charge is -2.44. The van der Waals surface area contributed by atoms with Gasteiger partial charge >= 0.3 is 0 Å². The number of piperidine rings is 1. The fourth-order valence-electron chi connectivity index (χ4n) is 2.73. The van der Waals surface area contributed by atoms with Gasteiger partial charge in [-0.15, -0.1) is 0 Å². The highest BCUT2D eigenvalue weighted by Crippen LogP contribution is 2.25. The zero-order chi connectivity index (χ0) is 9.97. The Labute approximate surface area is 87.2 Å². The summed E-state index contributed by atoms with van der Waals surface area (Å²) in [6.07, 6.45) is 4.06. The molecule has 3 nitrogen and oxygen atoms in total. The fourth-order valence-corrected chi connectivity index (χ4v) is 2.73. The van der Waals surface area contributed by atoms with Crippen LogP contribution in [0.4, 0.5) is 0 Å². The molecule has 3 heteroatoms.